The Hall–Kier alpha value is -6.87. The maximum absolute atomic E-state index is 5.99. The zero-order valence-corrected chi connectivity index (χ0v) is 63.2. The first kappa shape index (κ1) is 77.5. The Morgan fingerprint density at radius 2 is 0.969 bits per heavy atom. The fourth-order valence-corrected chi connectivity index (χ4v) is 12.2. The largest absolute Gasteiger partial charge is 0.498 e. The van der Waals surface area contributed by atoms with Gasteiger partial charge in [0.05, 0.1) is 45.8 Å². The van der Waals surface area contributed by atoms with Gasteiger partial charge in [0.25, 0.3) is 0 Å². The topological polar surface area (TPSA) is 263 Å². The number of fused-ring (bicyclic) bond motifs is 4. The van der Waals surface area contributed by atoms with Crippen LogP contribution < -0.4 is 5.46 Å². The summed E-state index contributed by atoms with van der Waals surface area (Å²) in [5.74, 6) is 0. The number of aromatic amines is 2. The summed E-state index contributed by atoms with van der Waals surface area (Å²) >= 11 is 11.7. The Morgan fingerprint density at radius 1 is 0.536 bits per heavy atom. The standard InChI is InChI=1S/C19H29N5O2Si.C15H21N5OSi.C13H23BN2O3.C12H18ClN3OSi.C6H4ClN3.CH4/c1-6-26-15(2)24-12-16(11-22-24)18-17-7-8-23(19(17)21-13-20-18)14-25-9-10-27(3,4)5;1-22(2,3)7-6-21-11-20-5-4-13-14(12-8-18-19-9-12)16-10-17-15(13)20;1-7-17-10(2)16-9-11(8-15-16)14-18-12(3,4)13(5,6)19-14;1-18(2,3)7-6-17-9-16-5-4-10-11(13)14-8-15-12(10)16;7-5-4-1-2-8-6(4)10-3-9-5;/h7-8,11-13,15H,6,9-10,14H2,1-5H3;4-5,8-10H,6-7,11H2,1-3H3,(H,18,19);8-10H,7H2,1-6H3;4-5,8H,6-7,9H2,1-3H3;1-3H,(H,8,9,10);1H4. The Morgan fingerprint density at radius 3 is 1.43 bits per heavy atom. The average Bonchev–Trinajstić information content (AvgIpc) is 1.65. The summed E-state index contributed by atoms with van der Waals surface area (Å²) in [6.45, 7) is 42.4. The van der Waals surface area contributed by atoms with Crippen molar-refractivity contribution in [2.75, 3.05) is 33.0 Å². The molecule has 11 aromatic heterocycles. The van der Waals surface area contributed by atoms with Crippen LogP contribution in [-0.4, -0.2) is 164 Å². The van der Waals surface area contributed by atoms with Crippen LogP contribution in [0.2, 0.25) is 87.4 Å². The Bertz CT molecular complexity index is 4160. The van der Waals surface area contributed by atoms with Gasteiger partial charge in [0.15, 0.2) is 0 Å². The summed E-state index contributed by atoms with van der Waals surface area (Å²) < 4.78 is 50.0. The summed E-state index contributed by atoms with van der Waals surface area (Å²) in [6, 6.07) is 11.3. The summed E-state index contributed by atoms with van der Waals surface area (Å²) in [7, 11) is -3.52. The van der Waals surface area contributed by atoms with Gasteiger partial charge in [-0.05, 0) is 97.8 Å². The van der Waals surface area contributed by atoms with Crippen LogP contribution in [0, 0.1) is 0 Å². The molecule has 1 saturated heterocycles. The molecule has 0 bridgehead atoms. The van der Waals surface area contributed by atoms with Gasteiger partial charge in [-0.1, -0.05) is 89.6 Å². The van der Waals surface area contributed by atoms with Crippen molar-refractivity contribution in [2.24, 2.45) is 0 Å². The van der Waals surface area contributed by atoms with Crippen molar-refractivity contribution in [3.63, 3.8) is 0 Å². The van der Waals surface area contributed by atoms with Crippen LogP contribution in [0.4, 0.5) is 0 Å². The molecule has 1 aliphatic rings. The van der Waals surface area contributed by atoms with Crippen LogP contribution in [0.1, 0.15) is 75.3 Å². The van der Waals surface area contributed by atoms with Crippen molar-refractivity contribution in [1.82, 2.24) is 88.3 Å². The van der Waals surface area contributed by atoms with E-state index in [-0.39, 0.29) is 38.2 Å². The lowest BCUT2D eigenvalue weighted by atomic mass is 9.82. The Labute approximate surface area is 583 Å². The van der Waals surface area contributed by atoms with Crippen molar-refractivity contribution >= 4 is 104 Å². The number of hydrogen-bond acceptors (Lipinski definition) is 18. The lowest BCUT2D eigenvalue weighted by Gasteiger charge is -2.32. The number of halogens is 2. The van der Waals surface area contributed by atoms with Crippen molar-refractivity contribution in [3.8, 4) is 22.5 Å². The highest BCUT2D eigenvalue weighted by Crippen LogP contribution is 2.37. The van der Waals surface area contributed by atoms with E-state index in [2.05, 4.69) is 124 Å². The minimum atomic E-state index is -1.08. The molecule has 12 rings (SSSR count). The van der Waals surface area contributed by atoms with E-state index < -0.39 is 24.2 Å². The fraction of sp³-hybridized carbons (Fsp3) is 0.500. The quantitative estimate of drug-likeness (QED) is 0.0323. The lowest BCUT2D eigenvalue weighted by Crippen LogP contribution is -2.41. The minimum Gasteiger partial charge on any atom is -0.399 e. The molecule has 31 heteroatoms. The molecule has 0 radical (unpaired) electrons. The monoisotopic (exact) mass is 1420 g/mol. The van der Waals surface area contributed by atoms with Crippen molar-refractivity contribution < 1.29 is 33.0 Å². The SMILES string of the molecule is C.CCOC(C)n1cc(-c2ncnc3c2ccn3COCC[Si](C)(C)C)cn1.CCOC(C)n1cc(B2OC(C)(C)C(C)(C)O2)cn1.C[Si](C)(C)CCOCn1ccc2c(-c3cn[nH]c3)ncnc21.C[Si](C)(C)CCOCn1ccc2c(Cl)ncnc21.Clc1ncnc2[nH]ccc12. The van der Waals surface area contributed by atoms with E-state index in [1.807, 2.05) is 141 Å². The highest BCUT2D eigenvalue weighted by atomic mass is 35.5. The van der Waals surface area contributed by atoms with E-state index in [0.717, 1.165) is 98.0 Å². The number of nitrogens with zero attached hydrogens (tertiary/aromatic N) is 16. The van der Waals surface area contributed by atoms with Gasteiger partial charge in [-0.15, -0.1) is 0 Å². The van der Waals surface area contributed by atoms with E-state index in [0.29, 0.717) is 43.7 Å². The Balaban J connectivity index is 0.000000175. The first-order valence-electron chi connectivity index (χ1n) is 32.4. The highest BCUT2D eigenvalue weighted by Gasteiger charge is 2.52. The highest BCUT2D eigenvalue weighted by molar-refractivity contribution is 6.76. The molecule has 0 aromatic carbocycles. The zero-order valence-electron chi connectivity index (χ0n) is 58.7. The normalized spacial score (nSPS) is 14.3. The number of nitrogens with one attached hydrogen (secondary N) is 2. The molecule has 2 atom stereocenters. The molecule has 12 heterocycles. The van der Waals surface area contributed by atoms with Gasteiger partial charge < -0.3 is 51.7 Å². The second-order valence-corrected chi connectivity index (χ2v) is 45.4. The van der Waals surface area contributed by atoms with E-state index in [1.165, 1.54) is 24.7 Å². The molecule has 2 unspecified atom stereocenters. The fourth-order valence-electron chi connectivity index (χ4n) is 9.54. The van der Waals surface area contributed by atoms with Gasteiger partial charge in [-0.2, -0.15) is 15.3 Å². The van der Waals surface area contributed by atoms with Gasteiger partial charge >= 0.3 is 7.12 Å². The molecule has 11 aromatic rings. The van der Waals surface area contributed by atoms with Crippen molar-refractivity contribution in [2.45, 2.75) is 184 Å². The number of rotatable bonds is 24. The van der Waals surface area contributed by atoms with Gasteiger partial charge in [-0.3, -0.25) is 5.10 Å². The number of ether oxygens (including phenoxy) is 5. The molecule has 1 aliphatic heterocycles. The zero-order chi connectivity index (χ0) is 69.4. The van der Waals surface area contributed by atoms with Crippen LogP contribution in [0.15, 0.2) is 112 Å². The molecule has 25 nitrogen and oxygen atoms in total. The second-order valence-electron chi connectivity index (χ2n) is 27.8. The van der Waals surface area contributed by atoms with Crippen molar-refractivity contribution in [1.29, 1.82) is 0 Å². The van der Waals surface area contributed by atoms with E-state index >= 15 is 0 Å². The average molecular weight is 1420 g/mol. The van der Waals surface area contributed by atoms with Gasteiger partial charge in [-0.25, -0.2) is 49.2 Å². The van der Waals surface area contributed by atoms with Gasteiger partial charge in [0.1, 0.15) is 90.9 Å². The molecule has 0 saturated carbocycles. The molecular formula is C66H99BCl2N18O7Si3. The van der Waals surface area contributed by atoms with Crippen LogP contribution in [-0.2, 0) is 53.2 Å². The minimum absolute atomic E-state index is 0. The first-order chi connectivity index (χ1) is 45.5. The summed E-state index contributed by atoms with van der Waals surface area (Å²) in [5, 5.41) is 20.2. The van der Waals surface area contributed by atoms with Gasteiger partial charge in [0.2, 0.25) is 0 Å². The van der Waals surface area contributed by atoms with Crippen LogP contribution in [0.25, 0.3) is 66.6 Å². The maximum Gasteiger partial charge on any atom is 0.498 e. The number of hydrogen-bond donors (Lipinski definition) is 2. The third-order valence-corrected chi connectivity index (χ3v) is 21.7. The molecule has 0 spiro atoms. The lowest BCUT2D eigenvalue weighted by molar-refractivity contribution is 0.00578. The van der Waals surface area contributed by atoms with Crippen molar-refractivity contribution in [3.05, 3.63) is 122 Å². The molecular weight excluding hydrogens is 1320 g/mol. The third-order valence-electron chi connectivity index (χ3n) is 16.0. The third kappa shape index (κ3) is 21.8. The molecule has 1 fully saturated rings. The predicted molar refractivity (Wildman–Crippen MR) is 395 cm³/mol. The molecule has 0 amide bonds. The van der Waals surface area contributed by atoms with Crippen LogP contribution >= 0.6 is 23.2 Å². The van der Waals surface area contributed by atoms with Crippen LogP contribution in [0.3, 0.4) is 0 Å². The number of aromatic nitrogens is 18. The molecule has 524 valence electrons. The second kappa shape index (κ2) is 34.8. The van der Waals surface area contributed by atoms with E-state index in [1.54, 1.807) is 35.9 Å². The first-order valence-corrected chi connectivity index (χ1v) is 44.3. The summed E-state index contributed by atoms with van der Waals surface area (Å²) in [4.78, 5) is 36.6. The smallest absolute Gasteiger partial charge is 0.399 e. The predicted octanol–water partition coefficient (Wildman–Crippen LogP) is 14.7. The molecule has 97 heavy (non-hydrogen) atoms. The Kier molecular flexibility index (Phi) is 27.8. The number of H-pyrrole nitrogens is 2. The van der Waals surface area contributed by atoms with Crippen LogP contribution in [0.5, 0.6) is 0 Å². The van der Waals surface area contributed by atoms with E-state index in [9.17, 15) is 0 Å². The van der Waals surface area contributed by atoms with Gasteiger partial charge in [0, 0.05) is 134 Å². The maximum atomic E-state index is 5.99. The van der Waals surface area contributed by atoms with E-state index in [4.69, 9.17) is 56.2 Å². The summed E-state index contributed by atoms with van der Waals surface area (Å²) in [5.41, 5.74) is 7.30. The molecule has 2 N–H and O–H groups in total. The summed E-state index contributed by atoms with van der Waals surface area (Å²) in [6.07, 6.45) is 24.7. The molecule has 0 aliphatic carbocycles.